The highest BCUT2D eigenvalue weighted by Gasteiger charge is 2.20. The fourth-order valence-corrected chi connectivity index (χ4v) is 3.59. The second kappa shape index (κ2) is 11.6. The van der Waals surface area contributed by atoms with Crippen molar-refractivity contribution in [2.75, 3.05) is 56.3 Å². The van der Waals surface area contributed by atoms with Gasteiger partial charge in [-0.3, -0.25) is 4.79 Å². The lowest BCUT2D eigenvalue weighted by molar-refractivity contribution is -0.116. The summed E-state index contributed by atoms with van der Waals surface area (Å²) in [5, 5.41) is 2.97. The van der Waals surface area contributed by atoms with Crippen LogP contribution in [0.4, 0.5) is 11.4 Å². The predicted octanol–water partition coefficient (Wildman–Crippen LogP) is 4.35. The highest BCUT2D eigenvalue weighted by molar-refractivity contribution is 5.93. The largest absolute Gasteiger partial charge is 0.493 e. The van der Waals surface area contributed by atoms with Gasteiger partial charge in [0.25, 0.3) is 0 Å². The third kappa shape index (κ3) is 6.07. The fraction of sp³-hybridized carbons (Fsp3) is 0.480. The van der Waals surface area contributed by atoms with E-state index in [2.05, 4.69) is 10.2 Å². The van der Waals surface area contributed by atoms with Crippen molar-refractivity contribution in [3.8, 4) is 17.2 Å². The number of rotatable bonds is 10. The van der Waals surface area contributed by atoms with Crippen LogP contribution in [0.1, 0.15) is 31.4 Å². The SMILES string of the molecule is CCOc1cc(N2CCOCC2)c(OCC)cc1NC(=O)CCOc1cccc(C)c1C. The highest BCUT2D eigenvalue weighted by atomic mass is 16.5. The Bertz CT molecular complexity index is 909. The van der Waals surface area contributed by atoms with Crippen LogP contribution in [0.15, 0.2) is 30.3 Å². The fourth-order valence-electron chi connectivity index (χ4n) is 3.59. The maximum atomic E-state index is 12.7. The molecule has 1 heterocycles. The Kier molecular flexibility index (Phi) is 8.62. The summed E-state index contributed by atoms with van der Waals surface area (Å²) in [5.41, 5.74) is 3.81. The van der Waals surface area contributed by atoms with Crippen molar-refractivity contribution in [3.63, 3.8) is 0 Å². The van der Waals surface area contributed by atoms with E-state index in [-0.39, 0.29) is 12.3 Å². The normalized spacial score (nSPS) is 13.6. The maximum absolute atomic E-state index is 12.7. The molecule has 1 fully saturated rings. The van der Waals surface area contributed by atoms with E-state index in [1.807, 2.05) is 58.0 Å². The minimum absolute atomic E-state index is 0.141. The summed E-state index contributed by atoms with van der Waals surface area (Å²) in [7, 11) is 0. The van der Waals surface area contributed by atoms with Crippen LogP contribution in [0.25, 0.3) is 0 Å². The average molecular weight is 443 g/mol. The zero-order chi connectivity index (χ0) is 22.9. The monoisotopic (exact) mass is 442 g/mol. The van der Waals surface area contributed by atoms with E-state index >= 15 is 0 Å². The molecule has 2 aromatic carbocycles. The number of anilines is 2. The van der Waals surface area contributed by atoms with Crippen LogP contribution >= 0.6 is 0 Å². The number of hydrogen-bond donors (Lipinski definition) is 1. The molecule has 1 amide bonds. The Labute approximate surface area is 190 Å². The third-order valence-electron chi connectivity index (χ3n) is 5.43. The van der Waals surface area contributed by atoms with E-state index in [1.165, 1.54) is 0 Å². The van der Waals surface area contributed by atoms with Crippen LogP contribution in [0, 0.1) is 13.8 Å². The van der Waals surface area contributed by atoms with Crippen molar-refractivity contribution in [3.05, 3.63) is 41.5 Å². The van der Waals surface area contributed by atoms with Crippen LogP contribution in [0.2, 0.25) is 0 Å². The van der Waals surface area contributed by atoms with Crippen molar-refractivity contribution in [2.45, 2.75) is 34.1 Å². The van der Waals surface area contributed by atoms with Gasteiger partial charge in [0, 0.05) is 25.2 Å². The molecule has 1 N–H and O–H groups in total. The second-order valence-electron chi connectivity index (χ2n) is 7.63. The summed E-state index contributed by atoms with van der Waals surface area (Å²) in [5.74, 6) is 2.01. The summed E-state index contributed by atoms with van der Waals surface area (Å²) < 4.78 is 23.0. The van der Waals surface area contributed by atoms with Crippen LogP contribution in [-0.4, -0.2) is 52.0 Å². The van der Waals surface area contributed by atoms with E-state index in [9.17, 15) is 4.79 Å². The summed E-state index contributed by atoms with van der Waals surface area (Å²) in [6.45, 7) is 12.2. The van der Waals surface area contributed by atoms with E-state index in [4.69, 9.17) is 18.9 Å². The molecule has 7 heteroatoms. The molecule has 32 heavy (non-hydrogen) atoms. The summed E-state index contributed by atoms with van der Waals surface area (Å²) >= 11 is 0. The van der Waals surface area contributed by atoms with Gasteiger partial charge >= 0.3 is 0 Å². The van der Waals surface area contributed by atoms with E-state index in [1.54, 1.807) is 0 Å². The number of nitrogens with zero attached hydrogens (tertiary/aromatic N) is 1. The Hall–Kier alpha value is -2.93. The molecule has 0 bridgehead atoms. The molecule has 0 atom stereocenters. The molecule has 0 spiro atoms. The first-order valence-electron chi connectivity index (χ1n) is 11.3. The number of aryl methyl sites for hydroxylation is 1. The smallest absolute Gasteiger partial charge is 0.227 e. The van der Waals surface area contributed by atoms with E-state index in [0.29, 0.717) is 44.5 Å². The van der Waals surface area contributed by atoms with Crippen molar-refractivity contribution < 1.29 is 23.7 Å². The van der Waals surface area contributed by atoms with Gasteiger partial charge in [-0.25, -0.2) is 0 Å². The number of ether oxygens (including phenoxy) is 4. The Morgan fingerprint density at radius 1 is 1.00 bits per heavy atom. The quantitative estimate of drug-likeness (QED) is 0.590. The van der Waals surface area contributed by atoms with Gasteiger partial charge < -0.3 is 29.2 Å². The van der Waals surface area contributed by atoms with Crippen LogP contribution in [-0.2, 0) is 9.53 Å². The number of morpholine rings is 1. The van der Waals surface area contributed by atoms with E-state index < -0.39 is 0 Å². The molecule has 0 aromatic heterocycles. The number of carbonyl (C=O) groups is 1. The van der Waals surface area contributed by atoms with Gasteiger partial charge in [0.15, 0.2) is 0 Å². The van der Waals surface area contributed by atoms with Gasteiger partial charge in [0.1, 0.15) is 17.2 Å². The first-order chi connectivity index (χ1) is 15.5. The summed E-state index contributed by atoms with van der Waals surface area (Å²) in [6, 6.07) is 9.72. The zero-order valence-electron chi connectivity index (χ0n) is 19.5. The minimum atomic E-state index is -0.141. The third-order valence-corrected chi connectivity index (χ3v) is 5.43. The molecule has 1 aliphatic heterocycles. The Morgan fingerprint density at radius 2 is 1.72 bits per heavy atom. The first kappa shape index (κ1) is 23.7. The van der Waals surface area contributed by atoms with Gasteiger partial charge in [-0.2, -0.15) is 0 Å². The molecular formula is C25H34N2O5. The molecule has 174 valence electrons. The van der Waals surface area contributed by atoms with Crippen molar-refractivity contribution in [1.29, 1.82) is 0 Å². The summed E-state index contributed by atoms with van der Waals surface area (Å²) in [6.07, 6.45) is 0.230. The molecule has 0 radical (unpaired) electrons. The van der Waals surface area contributed by atoms with Gasteiger partial charge in [-0.05, 0) is 44.9 Å². The number of nitrogens with one attached hydrogen (secondary N) is 1. The minimum Gasteiger partial charge on any atom is -0.493 e. The Morgan fingerprint density at radius 3 is 2.44 bits per heavy atom. The van der Waals surface area contributed by atoms with Gasteiger partial charge in [0.2, 0.25) is 5.91 Å². The molecule has 1 aliphatic rings. The van der Waals surface area contributed by atoms with Gasteiger partial charge in [-0.1, -0.05) is 12.1 Å². The molecule has 3 rings (SSSR count). The van der Waals surface area contributed by atoms with Crippen LogP contribution < -0.4 is 24.4 Å². The zero-order valence-corrected chi connectivity index (χ0v) is 19.5. The second-order valence-corrected chi connectivity index (χ2v) is 7.63. The first-order valence-corrected chi connectivity index (χ1v) is 11.3. The number of benzene rings is 2. The van der Waals surface area contributed by atoms with Gasteiger partial charge in [0.05, 0.1) is 50.8 Å². The lowest BCUT2D eigenvalue weighted by Crippen LogP contribution is -2.36. The summed E-state index contributed by atoms with van der Waals surface area (Å²) in [4.78, 5) is 14.9. The number of hydrogen-bond acceptors (Lipinski definition) is 6. The maximum Gasteiger partial charge on any atom is 0.227 e. The van der Waals surface area contributed by atoms with Crippen LogP contribution in [0.5, 0.6) is 17.2 Å². The molecule has 2 aromatic rings. The Balaban J connectivity index is 1.71. The van der Waals surface area contributed by atoms with Crippen molar-refractivity contribution in [1.82, 2.24) is 0 Å². The standard InChI is InChI=1S/C25H34N2O5/c1-5-30-23-17-21(27-11-14-29-15-12-27)24(31-6-2)16-20(23)26-25(28)10-13-32-22-9-7-8-18(3)19(22)4/h7-9,16-17H,5-6,10-15H2,1-4H3,(H,26,28). The lowest BCUT2D eigenvalue weighted by Gasteiger charge is -2.31. The molecule has 7 nitrogen and oxygen atoms in total. The number of carbonyl (C=O) groups excluding carboxylic acids is 1. The highest BCUT2D eigenvalue weighted by Crippen LogP contribution is 2.39. The van der Waals surface area contributed by atoms with Crippen LogP contribution in [0.3, 0.4) is 0 Å². The molecule has 1 saturated heterocycles. The molecular weight excluding hydrogens is 408 g/mol. The average Bonchev–Trinajstić information content (AvgIpc) is 2.79. The molecule has 0 unspecified atom stereocenters. The predicted molar refractivity (Wildman–Crippen MR) is 126 cm³/mol. The van der Waals surface area contributed by atoms with Crippen molar-refractivity contribution >= 4 is 17.3 Å². The molecule has 0 aliphatic carbocycles. The van der Waals surface area contributed by atoms with Crippen molar-refractivity contribution in [2.24, 2.45) is 0 Å². The molecule has 0 saturated carbocycles. The number of amides is 1. The topological polar surface area (TPSA) is 69.3 Å². The van der Waals surface area contributed by atoms with E-state index in [0.717, 1.165) is 41.4 Å². The lowest BCUT2D eigenvalue weighted by atomic mass is 10.1. The van der Waals surface area contributed by atoms with Gasteiger partial charge in [-0.15, -0.1) is 0 Å².